The summed E-state index contributed by atoms with van der Waals surface area (Å²) in [6.45, 7) is -1.15. The fraction of sp³-hybridized carbons (Fsp3) is 0.312. The molecule has 0 aliphatic carbocycles. The number of nitrogens with zero attached hydrogens (tertiary/aromatic N) is 2. The van der Waals surface area contributed by atoms with Gasteiger partial charge in [-0.3, -0.25) is 9.48 Å². The van der Waals surface area contributed by atoms with Gasteiger partial charge in [0, 0.05) is 13.6 Å². The van der Waals surface area contributed by atoms with Crippen LogP contribution in [-0.4, -0.2) is 35.4 Å². The van der Waals surface area contributed by atoms with Crippen molar-refractivity contribution in [3.8, 4) is 5.75 Å². The summed E-state index contributed by atoms with van der Waals surface area (Å²) in [7, 11) is 2.77. The van der Waals surface area contributed by atoms with E-state index in [-0.39, 0.29) is 23.6 Å². The molecule has 0 aliphatic heterocycles. The van der Waals surface area contributed by atoms with Gasteiger partial charge in [-0.2, -0.15) is 13.9 Å². The number of nitrogens with one attached hydrogen (secondary N) is 1. The van der Waals surface area contributed by atoms with Crippen molar-refractivity contribution in [1.29, 1.82) is 0 Å². The third kappa shape index (κ3) is 4.31. The van der Waals surface area contributed by atoms with Crippen molar-refractivity contribution >= 4 is 11.9 Å². The second-order valence-corrected chi connectivity index (χ2v) is 5.13. The molecule has 0 bridgehead atoms. The van der Waals surface area contributed by atoms with E-state index in [2.05, 4.69) is 19.9 Å². The van der Waals surface area contributed by atoms with Crippen LogP contribution in [0.5, 0.6) is 5.75 Å². The highest BCUT2D eigenvalue weighted by molar-refractivity contribution is 6.04. The summed E-state index contributed by atoms with van der Waals surface area (Å²) in [5.74, 6) is -1.12. The zero-order valence-corrected chi connectivity index (χ0v) is 13.9. The molecule has 2 rings (SSSR count). The van der Waals surface area contributed by atoms with Crippen molar-refractivity contribution < 1.29 is 27.8 Å². The van der Waals surface area contributed by atoms with Crippen LogP contribution in [0.25, 0.3) is 0 Å². The average Bonchev–Trinajstić information content (AvgIpc) is 2.87. The van der Waals surface area contributed by atoms with Gasteiger partial charge in [-0.05, 0) is 24.6 Å². The average molecular weight is 353 g/mol. The smallest absolute Gasteiger partial charge is 0.387 e. The molecule has 1 N–H and O–H groups in total. The summed E-state index contributed by atoms with van der Waals surface area (Å²) in [5.41, 5.74) is 1.24. The fourth-order valence-corrected chi connectivity index (χ4v) is 2.32. The minimum Gasteiger partial charge on any atom is -0.465 e. The van der Waals surface area contributed by atoms with Crippen LogP contribution in [0, 0.1) is 6.92 Å². The van der Waals surface area contributed by atoms with Crippen molar-refractivity contribution in [1.82, 2.24) is 15.1 Å². The van der Waals surface area contributed by atoms with Gasteiger partial charge in [0.05, 0.1) is 12.8 Å². The van der Waals surface area contributed by atoms with Gasteiger partial charge >= 0.3 is 12.6 Å². The van der Waals surface area contributed by atoms with Crippen molar-refractivity contribution in [2.45, 2.75) is 20.1 Å². The molecule has 134 valence electrons. The van der Waals surface area contributed by atoms with E-state index in [4.69, 9.17) is 0 Å². The Kier molecular flexibility index (Phi) is 5.68. The Morgan fingerprint density at radius 2 is 1.92 bits per heavy atom. The van der Waals surface area contributed by atoms with E-state index in [0.717, 1.165) is 0 Å². The number of hydrogen-bond donors (Lipinski definition) is 1. The first-order valence-electron chi connectivity index (χ1n) is 7.27. The third-order valence-electron chi connectivity index (χ3n) is 3.43. The predicted octanol–water partition coefficient (Wildman–Crippen LogP) is 2.05. The van der Waals surface area contributed by atoms with E-state index in [1.807, 2.05) is 0 Å². The summed E-state index contributed by atoms with van der Waals surface area (Å²) in [4.78, 5) is 24.2. The summed E-state index contributed by atoms with van der Waals surface area (Å²) in [5, 5.41) is 6.72. The van der Waals surface area contributed by atoms with Crippen LogP contribution in [0.1, 0.15) is 32.1 Å². The quantitative estimate of drug-likeness (QED) is 0.804. The van der Waals surface area contributed by atoms with Crippen molar-refractivity contribution in [2.75, 3.05) is 7.11 Å². The molecule has 0 spiro atoms. The van der Waals surface area contributed by atoms with Gasteiger partial charge in [-0.25, -0.2) is 4.79 Å². The highest BCUT2D eigenvalue weighted by atomic mass is 19.3. The molecular weight excluding hydrogens is 336 g/mol. The fourth-order valence-electron chi connectivity index (χ4n) is 2.32. The molecule has 9 heteroatoms. The van der Waals surface area contributed by atoms with Crippen molar-refractivity contribution in [3.63, 3.8) is 0 Å². The Bertz CT molecular complexity index is 772. The number of aryl methyl sites for hydroxylation is 2. The van der Waals surface area contributed by atoms with Crippen molar-refractivity contribution in [3.05, 3.63) is 46.8 Å². The molecule has 0 saturated heterocycles. The topological polar surface area (TPSA) is 82.5 Å². The molecule has 2 aromatic rings. The van der Waals surface area contributed by atoms with E-state index in [0.29, 0.717) is 11.3 Å². The van der Waals surface area contributed by atoms with Gasteiger partial charge in [0.1, 0.15) is 17.0 Å². The Balaban J connectivity index is 2.09. The Morgan fingerprint density at radius 1 is 1.28 bits per heavy atom. The zero-order chi connectivity index (χ0) is 18.6. The minimum absolute atomic E-state index is 0.0281. The van der Waals surface area contributed by atoms with E-state index < -0.39 is 18.5 Å². The van der Waals surface area contributed by atoms with Gasteiger partial charge in [-0.1, -0.05) is 12.1 Å². The number of esters is 1. The van der Waals surface area contributed by atoms with Gasteiger partial charge in [0.25, 0.3) is 5.91 Å². The lowest BCUT2D eigenvalue weighted by Crippen LogP contribution is -2.27. The molecule has 1 heterocycles. The lowest BCUT2D eigenvalue weighted by Gasteiger charge is -2.09. The molecule has 0 aliphatic rings. The molecule has 0 fully saturated rings. The normalized spacial score (nSPS) is 10.6. The number of aromatic nitrogens is 2. The number of carbonyl (C=O) groups is 2. The number of benzene rings is 1. The van der Waals surface area contributed by atoms with Gasteiger partial charge in [0.15, 0.2) is 0 Å². The van der Waals surface area contributed by atoms with Crippen LogP contribution in [0.15, 0.2) is 24.3 Å². The van der Waals surface area contributed by atoms with Crippen LogP contribution in [0.4, 0.5) is 8.78 Å². The van der Waals surface area contributed by atoms with E-state index in [1.54, 1.807) is 26.1 Å². The number of methoxy groups -OCH3 is 1. The number of carbonyl (C=O) groups excluding carboxylic acids is 2. The molecular formula is C16H17F2N3O4. The van der Waals surface area contributed by atoms with E-state index in [9.17, 15) is 18.4 Å². The summed E-state index contributed by atoms with van der Waals surface area (Å²) in [6.07, 6.45) is 0. The van der Waals surface area contributed by atoms with Gasteiger partial charge in [0.2, 0.25) is 0 Å². The highest BCUT2D eigenvalue weighted by Crippen LogP contribution is 2.16. The summed E-state index contributed by atoms with van der Waals surface area (Å²) < 4.78 is 34.5. The summed E-state index contributed by atoms with van der Waals surface area (Å²) in [6, 6.07) is 5.85. The molecule has 1 aromatic carbocycles. The molecule has 0 unspecified atom stereocenters. The van der Waals surface area contributed by atoms with Crippen LogP contribution >= 0.6 is 0 Å². The maximum Gasteiger partial charge on any atom is 0.387 e. The maximum absolute atomic E-state index is 12.4. The van der Waals surface area contributed by atoms with E-state index in [1.165, 1.54) is 23.9 Å². The summed E-state index contributed by atoms with van der Waals surface area (Å²) >= 11 is 0. The number of alkyl halides is 2. The zero-order valence-electron chi connectivity index (χ0n) is 13.9. The molecule has 0 atom stereocenters. The predicted molar refractivity (Wildman–Crippen MR) is 83.5 cm³/mol. The molecule has 1 amide bonds. The first kappa shape index (κ1) is 18.4. The lowest BCUT2D eigenvalue weighted by atomic mass is 10.1. The number of rotatable bonds is 6. The second-order valence-electron chi connectivity index (χ2n) is 5.13. The number of amides is 1. The van der Waals surface area contributed by atoms with Gasteiger partial charge in [-0.15, -0.1) is 0 Å². The number of ether oxygens (including phenoxy) is 2. The molecule has 1 aromatic heterocycles. The molecule has 0 radical (unpaired) electrons. The largest absolute Gasteiger partial charge is 0.465 e. The van der Waals surface area contributed by atoms with Crippen LogP contribution in [0.3, 0.4) is 0 Å². The van der Waals surface area contributed by atoms with Gasteiger partial charge < -0.3 is 14.8 Å². The monoisotopic (exact) mass is 353 g/mol. The molecule has 0 saturated carbocycles. The minimum atomic E-state index is -2.89. The number of hydrogen-bond acceptors (Lipinski definition) is 5. The Hall–Kier alpha value is -2.97. The van der Waals surface area contributed by atoms with Crippen molar-refractivity contribution in [2.24, 2.45) is 7.05 Å². The molecule has 7 nitrogen and oxygen atoms in total. The second kappa shape index (κ2) is 7.73. The first-order valence-corrected chi connectivity index (χ1v) is 7.27. The number of halogens is 2. The standard InChI is InChI=1S/C16H17F2N3O4/c1-9-12(15(23)24-3)13(21(2)20-9)14(22)19-8-10-4-6-11(7-5-10)25-16(17)18/h4-7,16H,8H2,1-3H3,(H,19,22). The van der Waals surface area contributed by atoms with Crippen LogP contribution in [0.2, 0.25) is 0 Å². The third-order valence-corrected chi connectivity index (χ3v) is 3.43. The Morgan fingerprint density at radius 3 is 2.48 bits per heavy atom. The Labute approximate surface area is 142 Å². The molecule has 25 heavy (non-hydrogen) atoms. The van der Waals surface area contributed by atoms with E-state index >= 15 is 0 Å². The van der Waals surface area contributed by atoms with Crippen LogP contribution in [-0.2, 0) is 18.3 Å². The SMILES string of the molecule is COC(=O)c1c(C)nn(C)c1C(=O)NCc1ccc(OC(F)F)cc1. The van der Waals surface area contributed by atoms with Crippen LogP contribution < -0.4 is 10.1 Å². The maximum atomic E-state index is 12.4. The highest BCUT2D eigenvalue weighted by Gasteiger charge is 2.25. The first-order chi connectivity index (χ1) is 11.8. The lowest BCUT2D eigenvalue weighted by molar-refractivity contribution is -0.0498.